The lowest BCUT2D eigenvalue weighted by Gasteiger charge is -2.09. The minimum atomic E-state index is -3.70. The summed E-state index contributed by atoms with van der Waals surface area (Å²) in [6, 6.07) is 5.89. The van der Waals surface area contributed by atoms with Gasteiger partial charge in [-0.15, -0.1) is 0 Å². The van der Waals surface area contributed by atoms with E-state index in [9.17, 15) is 13.2 Å². The van der Waals surface area contributed by atoms with Crippen molar-refractivity contribution in [3.8, 4) is 0 Å². The van der Waals surface area contributed by atoms with Crippen molar-refractivity contribution in [2.75, 3.05) is 19.3 Å². The third-order valence-electron chi connectivity index (χ3n) is 2.93. The van der Waals surface area contributed by atoms with Crippen LogP contribution in [0.25, 0.3) is 0 Å². The number of carbonyl (C=O) groups excluding carboxylic acids is 1. The maximum absolute atomic E-state index is 12.1. The molecule has 0 bridgehead atoms. The molecule has 1 amide bonds. The van der Waals surface area contributed by atoms with Crippen molar-refractivity contribution in [2.24, 2.45) is 0 Å². The van der Waals surface area contributed by atoms with E-state index in [0.29, 0.717) is 10.2 Å². The topological polar surface area (TPSA) is 101 Å². The lowest BCUT2D eigenvalue weighted by Crippen LogP contribution is -2.35. The second-order valence-corrected chi connectivity index (χ2v) is 8.05. The first-order valence-electron chi connectivity index (χ1n) is 6.93. The minimum absolute atomic E-state index is 0.00132. The van der Waals surface area contributed by atoms with Crippen molar-refractivity contribution >= 4 is 50.9 Å². The van der Waals surface area contributed by atoms with Crippen LogP contribution in [-0.4, -0.2) is 43.6 Å². The summed E-state index contributed by atoms with van der Waals surface area (Å²) in [6.45, 7) is 0.0617. The molecule has 0 aliphatic heterocycles. The van der Waals surface area contributed by atoms with Crippen LogP contribution >= 0.6 is 35.0 Å². The molecule has 134 valence electrons. The Kier molecular flexibility index (Phi) is 7.03. The Labute approximate surface area is 159 Å². The third kappa shape index (κ3) is 5.55. The van der Waals surface area contributed by atoms with Crippen molar-refractivity contribution < 1.29 is 13.2 Å². The lowest BCUT2D eigenvalue weighted by molar-refractivity contribution is 0.0948. The molecule has 11 heteroatoms. The van der Waals surface area contributed by atoms with E-state index >= 15 is 0 Å². The Bertz CT molecular complexity index is 878. The number of aromatic nitrogens is 2. The maximum Gasteiger partial charge on any atom is 0.271 e. The summed E-state index contributed by atoms with van der Waals surface area (Å²) in [6.07, 6.45) is 3.12. The number of hydrogen-bond donors (Lipinski definition) is 2. The molecule has 0 saturated heterocycles. The van der Waals surface area contributed by atoms with Crippen LogP contribution in [0.4, 0.5) is 0 Å². The molecule has 2 N–H and O–H groups in total. The molecule has 0 saturated carbocycles. The fourth-order valence-electron chi connectivity index (χ4n) is 1.77. The van der Waals surface area contributed by atoms with Gasteiger partial charge in [0.2, 0.25) is 10.0 Å². The molecular formula is C14H14Cl2N4O3S2. The molecule has 1 heterocycles. The molecular weight excluding hydrogens is 407 g/mol. The first-order valence-corrected chi connectivity index (χ1v) is 10.4. The number of rotatable bonds is 7. The first-order chi connectivity index (χ1) is 11.8. The molecule has 0 aliphatic carbocycles. The summed E-state index contributed by atoms with van der Waals surface area (Å²) < 4.78 is 26.6. The minimum Gasteiger partial charge on any atom is -0.349 e. The zero-order chi connectivity index (χ0) is 18.4. The smallest absolute Gasteiger partial charge is 0.271 e. The Morgan fingerprint density at radius 1 is 1.28 bits per heavy atom. The molecule has 7 nitrogen and oxygen atoms in total. The molecule has 0 unspecified atom stereocenters. The van der Waals surface area contributed by atoms with Gasteiger partial charge in [0.05, 0.1) is 16.1 Å². The van der Waals surface area contributed by atoms with Crippen molar-refractivity contribution in [3.05, 3.63) is 46.2 Å². The van der Waals surface area contributed by atoms with E-state index in [4.69, 9.17) is 23.2 Å². The molecule has 1 aromatic carbocycles. The van der Waals surface area contributed by atoms with E-state index < -0.39 is 15.9 Å². The van der Waals surface area contributed by atoms with E-state index in [1.165, 1.54) is 30.1 Å². The van der Waals surface area contributed by atoms with Crippen molar-refractivity contribution in [2.45, 2.75) is 10.1 Å². The van der Waals surface area contributed by atoms with Crippen molar-refractivity contribution in [3.63, 3.8) is 0 Å². The van der Waals surface area contributed by atoms with E-state index in [0.717, 1.165) is 0 Å². The average Bonchev–Trinajstić information content (AvgIpc) is 2.59. The highest BCUT2D eigenvalue weighted by Crippen LogP contribution is 2.16. The molecule has 0 aliphatic rings. The predicted octanol–water partition coefficient (Wildman–Crippen LogP) is 2.21. The summed E-state index contributed by atoms with van der Waals surface area (Å²) in [5, 5.41) is 3.40. The summed E-state index contributed by atoms with van der Waals surface area (Å²) >= 11 is 13.0. The number of nitrogens with one attached hydrogen (secondary N) is 2. The van der Waals surface area contributed by atoms with E-state index in [1.807, 2.05) is 0 Å². The first kappa shape index (κ1) is 19.9. The Morgan fingerprint density at radius 2 is 2.04 bits per heavy atom. The molecule has 0 fully saturated rings. The summed E-state index contributed by atoms with van der Waals surface area (Å²) in [7, 11) is -3.70. The third-order valence-corrected chi connectivity index (χ3v) is 5.46. The fraction of sp³-hybridized carbons (Fsp3) is 0.214. The van der Waals surface area contributed by atoms with E-state index in [2.05, 4.69) is 20.0 Å². The number of amides is 1. The van der Waals surface area contributed by atoms with Crippen molar-refractivity contribution in [1.29, 1.82) is 0 Å². The number of nitrogens with zero attached hydrogens (tertiary/aromatic N) is 2. The Balaban J connectivity index is 1.92. The normalized spacial score (nSPS) is 11.3. The van der Waals surface area contributed by atoms with Crippen LogP contribution in [-0.2, 0) is 10.0 Å². The van der Waals surface area contributed by atoms with Crippen LogP contribution in [0.2, 0.25) is 10.0 Å². The van der Waals surface area contributed by atoms with E-state index in [-0.39, 0.29) is 28.7 Å². The van der Waals surface area contributed by atoms with Gasteiger partial charge in [0.1, 0.15) is 0 Å². The summed E-state index contributed by atoms with van der Waals surface area (Å²) in [4.78, 5) is 20.1. The zero-order valence-corrected chi connectivity index (χ0v) is 16.1. The van der Waals surface area contributed by atoms with Crippen LogP contribution in [0.3, 0.4) is 0 Å². The number of halogens is 2. The highest BCUT2D eigenvalue weighted by molar-refractivity contribution is 7.98. The van der Waals surface area contributed by atoms with Gasteiger partial charge in [-0.1, -0.05) is 41.0 Å². The van der Waals surface area contributed by atoms with Gasteiger partial charge in [-0.25, -0.2) is 23.1 Å². The molecule has 2 rings (SSSR count). The van der Waals surface area contributed by atoms with E-state index in [1.54, 1.807) is 18.4 Å². The number of thioether (sulfide) groups is 1. The van der Waals surface area contributed by atoms with Crippen LogP contribution in [0, 0.1) is 0 Å². The summed E-state index contributed by atoms with van der Waals surface area (Å²) in [5.41, 5.74) is 0.0405. The van der Waals surface area contributed by atoms with Crippen molar-refractivity contribution in [1.82, 2.24) is 20.0 Å². The Morgan fingerprint density at radius 3 is 2.72 bits per heavy atom. The molecule has 25 heavy (non-hydrogen) atoms. The van der Waals surface area contributed by atoms with Gasteiger partial charge in [0, 0.05) is 18.1 Å². The number of hydrogen-bond acceptors (Lipinski definition) is 6. The second kappa shape index (κ2) is 8.81. The van der Waals surface area contributed by atoms with Crippen LogP contribution < -0.4 is 10.0 Å². The molecule has 0 atom stereocenters. The Hall–Kier alpha value is -1.39. The van der Waals surface area contributed by atoms with Crippen LogP contribution in [0.1, 0.15) is 10.5 Å². The van der Waals surface area contributed by atoms with Gasteiger partial charge in [-0.05, 0) is 24.5 Å². The number of benzene rings is 1. The SMILES string of the molecule is CSc1ncc(Cl)c(C(=O)NCCNS(=O)(=O)c2cccc(Cl)c2)n1. The number of carbonyl (C=O) groups is 1. The molecule has 1 aromatic heterocycles. The average molecular weight is 421 g/mol. The van der Waals surface area contributed by atoms with Gasteiger partial charge in [-0.2, -0.15) is 0 Å². The zero-order valence-electron chi connectivity index (χ0n) is 13.0. The highest BCUT2D eigenvalue weighted by atomic mass is 35.5. The highest BCUT2D eigenvalue weighted by Gasteiger charge is 2.16. The van der Waals surface area contributed by atoms with Gasteiger partial charge in [0.25, 0.3) is 5.91 Å². The quantitative estimate of drug-likeness (QED) is 0.404. The van der Waals surface area contributed by atoms with Crippen LogP contribution in [0.15, 0.2) is 40.5 Å². The maximum atomic E-state index is 12.1. The molecule has 0 spiro atoms. The van der Waals surface area contributed by atoms with Gasteiger partial charge < -0.3 is 5.32 Å². The van der Waals surface area contributed by atoms with Crippen LogP contribution in [0.5, 0.6) is 0 Å². The summed E-state index contributed by atoms with van der Waals surface area (Å²) in [5.74, 6) is -0.510. The molecule has 2 aromatic rings. The monoisotopic (exact) mass is 420 g/mol. The van der Waals surface area contributed by atoms with Gasteiger partial charge in [-0.3, -0.25) is 4.79 Å². The lowest BCUT2D eigenvalue weighted by atomic mass is 10.4. The van der Waals surface area contributed by atoms with Gasteiger partial charge >= 0.3 is 0 Å². The fourth-order valence-corrected chi connectivity index (χ4v) is 3.62. The number of sulfonamides is 1. The second-order valence-electron chi connectivity index (χ2n) is 4.66. The molecule has 0 radical (unpaired) electrons. The standard InChI is InChI=1S/C14H14Cl2N4O3S2/c1-24-14-18-8-11(16)12(20-14)13(21)17-5-6-19-25(22,23)10-4-2-3-9(15)7-10/h2-4,7-8,19H,5-6H2,1H3,(H,17,21). The van der Waals surface area contributed by atoms with Gasteiger partial charge in [0.15, 0.2) is 10.9 Å². The predicted molar refractivity (Wildman–Crippen MR) is 97.8 cm³/mol. The largest absolute Gasteiger partial charge is 0.349 e.